The summed E-state index contributed by atoms with van der Waals surface area (Å²) < 4.78 is 16.7. The highest BCUT2D eigenvalue weighted by molar-refractivity contribution is 6.00. The second-order valence-corrected chi connectivity index (χ2v) is 10.1. The van der Waals surface area contributed by atoms with Gasteiger partial charge in [0.2, 0.25) is 5.91 Å². The lowest BCUT2D eigenvalue weighted by Crippen LogP contribution is -2.40. The fraction of sp³-hybridized carbons (Fsp3) is 0.448. The maximum atomic E-state index is 12.5. The minimum Gasteiger partial charge on any atom is -0.410 e. The van der Waals surface area contributed by atoms with E-state index in [1.54, 1.807) is 55.5 Å². The van der Waals surface area contributed by atoms with Crippen molar-refractivity contribution in [2.45, 2.75) is 59.4 Å². The molecule has 2 aromatic carbocycles. The number of aliphatic hydroxyl groups is 1. The molecule has 0 atom stereocenters. The molecular weight excluding hydrogens is 528 g/mol. The fourth-order valence-electron chi connectivity index (χ4n) is 3.36. The van der Waals surface area contributed by atoms with E-state index in [0.717, 1.165) is 0 Å². The van der Waals surface area contributed by atoms with Crippen LogP contribution in [0.3, 0.4) is 0 Å². The molecule has 12 heteroatoms. The SMILES string of the molecule is CCN(C/C(N)=N/N=C(\N)c1cccc(NC(=O)COC(C)(C)CCOC(C)C)c1)C(=O)Oc1ccc(CO)cc1. The van der Waals surface area contributed by atoms with Crippen LogP contribution in [0.4, 0.5) is 10.5 Å². The maximum absolute atomic E-state index is 12.5. The highest BCUT2D eigenvalue weighted by atomic mass is 16.6. The number of benzene rings is 2. The number of rotatable bonds is 15. The molecule has 0 aliphatic carbocycles. The third kappa shape index (κ3) is 12.4. The third-order valence-electron chi connectivity index (χ3n) is 5.78. The number of nitrogens with two attached hydrogens (primary N) is 2. The van der Waals surface area contributed by atoms with Gasteiger partial charge in [0, 0.05) is 24.4 Å². The molecule has 6 N–H and O–H groups in total. The van der Waals surface area contributed by atoms with Crippen LogP contribution < -0.4 is 21.5 Å². The number of hydrogen-bond donors (Lipinski definition) is 4. The van der Waals surface area contributed by atoms with E-state index in [1.807, 2.05) is 27.7 Å². The van der Waals surface area contributed by atoms with Crippen LogP contribution in [0.15, 0.2) is 58.7 Å². The van der Waals surface area contributed by atoms with E-state index in [4.69, 9.17) is 30.8 Å². The van der Waals surface area contributed by atoms with Gasteiger partial charge in [0.1, 0.15) is 18.2 Å². The molecule has 0 heterocycles. The van der Waals surface area contributed by atoms with Gasteiger partial charge in [-0.2, -0.15) is 0 Å². The number of nitrogens with one attached hydrogen (secondary N) is 1. The van der Waals surface area contributed by atoms with E-state index < -0.39 is 11.7 Å². The predicted octanol–water partition coefficient (Wildman–Crippen LogP) is 3.23. The van der Waals surface area contributed by atoms with E-state index >= 15 is 0 Å². The van der Waals surface area contributed by atoms with Gasteiger partial charge in [-0.1, -0.05) is 24.3 Å². The standard InChI is InChI=1S/C29H42N6O6/c1-6-35(28(38)41-24-12-10-21(18-36)11-13-24)17-25(30)33-34-27(31)22-8-7-9-23(16-22)32-26(37)19-40-29(4,5)14-15-39-20(2)3/h7-13,16,20,36H,6,14-15,17-19H2,1-5H3,(H2,30,33)(H2,31,34)(H,32,37). The molecule has 0 saturated carbocycles. The van der Waals surface area contributed by atoms with Gasteiger partial charge in [0.15, 0.2) is 5.84 Å². The van der Waals surface area contributed by atoms with Crippen LogP contribution in [-0.4, -0.2) is 71.7 Å². The number of amides is 2. The van der Waals surface area contributed by atoms with Crippen molar-refractivity contribution < 1.29 is 28.9 Å². The highest BCUT2D eigenvalue weighted by Gasteiger charge is 2.20. The lowest BCUT2D eigenvalue weighted by atomic mass is 10.1. The molecule has 2 rings (SSSR count). The van der Waals surface area contributed by atoms with Gasteiger partial charge in [0.25, 0.3) is 0 Å². The molecule has 224 valence electrons. The summed E-state index contributed by atoms with van der Waals surface area (Å²) in [6.07, 6.45) is 0.178. The topological polar surface area (TPSA) is 174 Å². The van der Waals surface area contributed by atoms with Gasteiger partial charge in [-0.15, -0.1) is 10.2 Å². The summed E-state index contributed by atoms with van der Waals surface area (Å²) in [4.78, 5) is 26.3. The molecule has 0 aliphatic rings. The van der Waals surface area contributed by atoms with Gasteiger partial charge in [-0.05, 0) is 70.9 Å². The molecular formula is C29H42N6O6. The third-order valence-corrected chi connectivity index (χ3v) is 5.78. The number of aliphatic hydroxyl groups excluding tert-OH is 1. The fourth-order valence-corrected chi connectivity index (χ4v) is 3.36. The molecule has 0 aromatic heterocycles. The minimum absolute atomic E-state index is 0.0309. The Morgan fingerprint density at radius 2 is 1.80 bits per heavy atom. The summed E-state index contributed by atoms with van der Waals surface area (Å²) in [5, 5.41) is 19.8. The van der Waals surface area contributed by atoms with Crippen LogP contribution in [-0.2, 0) is 20.9 Å². The second kappa shape index (κ2) is 16.3. The predicted molar refractivity (Wildman–Crippen MR) is 159 cm³/mol. The Labute approximate surface area is 241 Å². The first-order valence-corrected chi connectivity index (χ1v) is 13.4. The molecule has 0 radical (unpaired) electrons. The van der Waals surface area contributed by atoms with E-state index in [9.17, 15) is 9.59 Å². The Hall–Kier alpha value is -4.00. The van der Waals surface area contributed by atoms with Crippen LogP contribution in [0.1, 0.15) is 52.2 Å². The molecule has 0 fully saturated rings. The van der Waals surface area contributed by atoms with Crippen molar-refractivity contribution in [2.75, 3.05) is 31.6 Å². The molecule has 2 amide bonds. The number of anilines is 1. The van der Waals surface area contributed by atoms with Crippen molar-refractivity contribution in [3.05, 3.63) is 59.7 Å². The van der Waals surface area contributed by atoms with Crippen molar-refractivity contribution in [3.8, 4) is 5.75 Å². The number of hydrogen-bond acceptors (Lipinski definition) is 8. The lowest BCUT2D eigenvalue weighted by Gasteiger charge is -2.25. The number of likely N-dealkylation sites (N-methyl/N-ethyl adjacent to an activating group) is 1. The largest absolute Gasteiger partial charge is 0.415 e. The zero-order valence-electron chi connectivity index (χ0n) is 24.4. The summed E-state index contributed by atoms with van der Waals surface area (Å²) in [7, 11) is 0. The second-order valence-electron chi connectivity index (χ2n) is 10.1. The first kappa shape index (κ1) is 33.2. The molecule has 0 bridgehead atoms. The van der Waals surface area contributed by atoms with Crippen molar-refractivity contribution in [2.24, 2.45) is 21.7 Å². The average Bonchev–Trinajstić information content (AvgIpc) is 2.93. The number of carbonyl (C=O) groups excluding carboxylic acids is 2. The average molecular weight is 571 g/mol. The van der Waals surface area contributed by atoms with Gasteiger partial charge in [-0.3, -0.25) is 4.79 Å². The Morgan fingerprint density at radius 3 is 2.44 bits per heavy atom. The van der Waals surface area contributed by atoms with E-state index in [-0.39, 0.29) is 43.4 Å². The smallest absolute Gasteiger partial charge is 0.410 e. The Balaban J connectivity index is 1.93. The maximum Gasteiger partial charge on any atom is 0.415 e. The summed E-state index contributed by atoms with van der Waals surface area (Å²) >= 11 is 0. The molecule has 0 aliphatic heterocycles. The summed E-state index contributed by atoms with van der Waals surface area (Å²) in [5.41, 5.74) is 13.3. The zero-order chi connectivity index (χ0) is 30.4. The minimum atomic E-state index is -0.612. The lowest BCUT2D eigenvalue weighted by molar-refractivity contribution is -0.127. The van der Waals surface area contributed by atoms with Crippen molar-refractivity contribution in [1.29, 1.82) is 0 Å². The molecule has 2 aromatic rings. The summed E-state index contributed by atoms with van der Waals surface area (Å²) in [6, 6.07) is 13.3. The molecule has 12 nitrogen and oxygen atoms in total. The van der Waals surface area contributed by atoms with Crippen LogP contribution in [0.5, 0.6) is 5.75 Å². The van der Waals surface area contributed by atoms with Crippen LogP contribution in [0.2, 0.25) is 0 Å². The van der Waals surface area contributed by atoms with Crippen molar-refractivity contribution in [1.82, 2.24) is 4.90 Å². The molecule has 41 heavy (non-hydrogen) atoms. The highest BCUT2D eigenvalue weighted by Crippen LogP contribution is 2.16. The van der Waals surface area contributed by atoms with Gasteiger partial charge >= 0.3 is 6.09 Å². The van der Waals surface area contributed by atoms with E-state index in [1.165, 1.54) is 4.90 Å². The van der Waals surface area contributed by atoms with E-state index in [0.29, 0.717) is 42.1 Å². The van der Waals surface area contributed by atoms with E-state index in [2.05, 4.69) is 15.5 Å². The quantitative estimate of drug-likeness (QED) is 0.143. The molecule has 0 unspecified atom stereocenters. The van der Waals surface area contributed by atoms with Crippen molar-refractivity contribution >= 4 is 29.4 Å². The van der Waals surface area contributed by atoms with Gasteiger partial charge < -0.3 is 41.0 Å². The van der Waals surface area contributed by atoms with Gasteiger partial charge in [0.05, 0.1) is 24.9 Å². The number of ether oxygens (including phenoxy) is 3. The normalized spacial score (nSPS) is 12.4. The Kier molecular flexibility index (Phi) is 13.2. The first-order valence-electron chi connectivity index (χ1n) is 13.4. The van der Waals surface area contributed by atoms with Crippen LogP contribution in [0.25, 0.3) is 0 Å². The molecule has 0 saturated heterocycles. The number of carbonyl (C=O) groups is 2. The van der Waals surface area contributed by atoms with Crippen molar-refractivity contribution in [3.63, 3.8) is 0 Å². The number of nitrogens with zero attached hydrogens (tertiary/aromatic N) is 3. The monoisotopic (exact) mass is 570 g/mol. The van der Waals surface area contributed by atoms with Crippen LogP contribution in [0, 0.1) is 0 Å². The van der Waals surface area contributed by atoms with Gasteiger partial charge in [-0.25, -0.2) is 4.79 Å². The summed E-state index contributed by atoms with van der Waals surface area (Å²) in [6.45, 7) is 10.1. The Morgan fingerprint density at radius 1 is 1.10 bits per heavy atom. The first-order chi connectivity index (χ1) is 19.4. The number of amidine groups is 2. The molecule has 0 spiro atoms. The zero-order valence-corrected chi connectivity index (χ0v) is 24.4. The Bertz CT molecular complexity index is 1200. The summed E-state index contributed by atoms with van der Waals surface area (Å²) in [5.74, 6) is 0.141. The van der Waals surface area contributed by atoms with Crippen LogP contribution >= 0.6 is 0 Å².